The Balaban J connectivity index is 2.13. The van der Waals surface area contributed by atoms with Crippen LogP contribution in [0.2, 0.25) is 18.1 Å². The Kier molecular flexibility index (Phi) is 4.76. The van der Waals surface area contributed by atoms with Gasteiger partial charge >= 0.3 is 0 Å². The van der Waals surface area contributed by atoms with Crippen LogP contribution >= 0.6 is 0 Å². The smallest absolute Gasteiger partial charge is 0.192 e. The van der Waals surface area contributed by atoms with Gasteiger partial charge in [0, 0.05) is 5.92 Å². The van der Waals surface area contributed by atoms with Crippen LogP contribution in [-0.2, 0) is 4.43 Å². The van der Waals surface area contributed by atoms with E-state index in [2.05, 4.69) is 46.0 Å². The topological polar surface area (TPSA) is 29.5 Å². The lowest BCUT2D eigenvalue weighted by molar-refractivity contribution is 0.128. The van der Waals surface area contributed by atoms with Crippen molar-refractivity contribution in [1.29, 1.82) is 0 Å². The maximum atomic E-state index is 10.3. The lowest BCUT2D eigenvalue weighted by Crippen LogP contribution is -2.44. The zero-order chi connectivity index (χ0) is 15.7. The maximum Gasteiger partial charge on any atom is 0.192 e. The van der Waals surface area contributed by atoms with Crippen molar-refractivity contribution < 1.29 is 9.53 Å². The zero-order valence-corrected chi connectivity index (χ0v) is 14.8. The molecule has 0 aliphatic heterocycles. The van der Waals surface area contributed by atoms with Gasteiger partial charge in [0.2, 0.25) is 0 Å². The highest BCUT2D eigenvalue weighted by Gasteiger charge is 2.40. The van der Waals surface area contributed by atoms with Crippen LogP contribution in [0.15, 0.2) is 42.5 Å². The standard InChI is InChI=1S/C18H28O2Si/c1-18(2,3)21(4,5)20-15-11-12-17(19)16(13-15)14-9-7-6-8-10-14/h6-12,15-17,19H,13H2,1-5H3/t15-,16+,17?/m0/s1. The molecule has 21 heavy (non-hydrogen) atoms. The summed E-state index contributed by atoms with van der Waals surface area (Å²) in [6, 6.07) is 10.3. The van der Waals surface area contributed by atoms with Crippen molar-refractivity contribution in [3.8, 4) is 0 Å². The Bertz CT molecular complexity index is 488. The van der Waals surface area contributed by atoms with Crippen molar-refractivity contribution >= 4 is 8.32 Å². The van der Waals surface area contributed by atoms with E-state index < -0.39 is 14.4 Å². The van der Waals surface area contributed by atoms with Gasteiger partial charge in [0.1, 0.15) is 0 Å². The summed E-state index contributed by atoms with van der Waals surface area (Å²) >= 11 is 0. The van der Waals surface area contributed by atoms with E-state index in [0.29, 0.717) is 0 Å². The highest BCUT2D eigenvalue weighted by atomic mass is 28.4. The summed E-state index contributed by atoms with van der Waals surface area (Å²) in [5.41, 5.74) is 1.19. The van der Waals surface area contributed by atoms with Crippen LogP contribution in [0, 0.1) is 0 Å². The van der Waals surface area contributed by atoms with E-state index in [0.717, 1.165) is 6.42 Å². The molecule has 2 nitrogen and oxygen atoms in total. The van der Waals surface area contributed by atoms with E-state index in [1.165, 1.54) is 5.56 Å². The van der Waals surface area contributed by atoms with E-state index in [1.807, 2.05) is 30.4 Å². The van der Waals surface area contributed by atoms with Crippen molar-refractivity contribution in [3.63, 3.8) is 0 Å². The summed E-state index contributed by atoms with van der Waals surface area (Å²) in [6.45, 7) is 11.3. The largest absolute Gasteiger partial charge is 0.411 e. The predicted octanol–water partition coefficient (Wildman–Crippen LogP) is 4.48. The molecule has 0 fully saturated rings. The highest BCUT2D eigenvalue weighted by molar-refractivity contribution is 6.74. The first kappa shape index (κ1) is 16.5. The van der Waals surface area contributed by atoms with Crippen molar-refractivity contribution in [2.45, 2.75) is 63.5 Å². The molecular weight excluding hydrogens is 276 g/mol. The van der Waals surface area contributed by atoms with Gasteiger partial charge in [-0.1, -0.05) is 63.3 Å². The minimum Gasteiger partial charge on any atom is -0.411 e. The van der Waals surface area contributed by atoms with Gasteiger partial charge in [-0.3, -0.25) is 0 Å². The Hall–Kier alpha value is -0.903. The lowest BCUT2D eigenvalue weighted by atomic mass is 9.84. The highest BCUT2D eigenvalue weighted by Crippen LogP contribution is 2.40. The fourth-order valence-corrected chi connectivity index (χ4v) is 3.80. The van der Waals surface area contributed by atoms with Crippen molar-refractivity contribution in [1.82, 2.24) is 0 Å². The Labute approximate surface area is 130 Å². The Morgan fingerprint density at radius 3 is 2.29 bits per heavy atom. The molecule has 1 aliphatic rings. The van der Waals surface area contributed by atoms with Gasteiger partial charge in [-0.15, -0.1) is 0 Å². The third kappa shape index (κ3) is 3.85. The molecule has 0 saturated carbocycles. The minimum absolute atomic E-state index is 0.111. The molecular formula is C18H28O2Si. The predicted molar refractivity (Wildman–Crippen MR) is 91.0 cm³/mol. The molecule has 1 aliphatic carbocycles. The Morgan fingerprint density at radius 1 is 1.10 bits per heavy atom. The molecule has 2 rings (SSSR count). The van der Waals surface area contributed by atoms with E-state index in [-0.39, 0.29) is 17.1 Å². The fourth-order valence-electron chi connectivity index (χ4n) is 2.52. The average Bonchev–Trinajstić information content (AvgIpc) is 2.40. The number of benzene rings is 1. The quantitative estimate of drug-likeness (QED) is 0.659. The number of aliphatic hydroxyl groups excluding tert-OH is 1. The molecule has 0 bridgehead atoms. The number of rotatable bonds is 3. The monoisotopic (exact) mass is 304 g/mol. The third-order valence-corrected chi connectivity index (χ3v) is 9.41. The molecule has 0 amide bonds. The molecule has 0 saturated heterocycles. The van der Waals surface area contributed by atoms with Gasteiger partial charge in [-0.2, -0.15) is 0 Å². The van der Waals surface area contributed by atoms with Crippen LogP contribution in [0.1, 0.15) is 38.7 Å². The summed E-state index contributed by atoms with van der Waals surface area (Å²) in [5.74, 6) is 0.131. The molecule has 1 unspecified atom stereocenters. The van der Waals surface area contributed by atoms with Crippen LogP contribution in [0.4, 0.5) is 0 Å². The summed E-state index contributed by atoms with van der Waals surface area (Å²) in [4.78, 5) is 0. The number of hydrogen-bond donors (Lipinski definition) is 1. The van der Waals surface area contributed by atoms with E-state index >= 15 is 0 Å². The second-order valence-corrected chi connectivity index (χ2v) is 12.3. The summed E-state index contributed by atoms with van der Waals surface area (Å²) in [5, 5.41) is 10.5. The van der Waals surface area contributed by atoms with Gasteiger partial charge in [0.25, 0.3) is 0 Å². The molecule has 1 N–H and O–H groups in total. The normalized spacial score (nSPS) is 26.9. The molecule has 3 heteroatoms. The average molecular weight is 305 g/mol. The van der Waals surface area contributed by atoms with Crippen LogP contribution < -0.4 is 0 Å². The van der Waals surface area contributed by atoms with Gasteiger partial charge in [0.15, 0.2) is 8.32 Å². The molecule has 3 atom stereocenters. The van der Waals surface area contributed by atoms with E-state index in [4.69, 9.17) is 4.43 Å². The van der Waals surface area contributed by atoms with Gasteiger partial charge in [-0.05, 0) is 30.1 Å². The summed E-state index contributed by atoms with van der Waals surface area (Å²) in [6.07, 6.45) is 4.50. The first-order chi connectivity index (χ1) is 9.71. The van der Waals surface area contributed by atoms with Crippen molar-refractivity contribution in [3.05, 3.63) is 48.0 Å². The molecule has 0 aromatic heterocycles. The summed E-state index contributed by atoms with van der Waals surface area (Å²) in [7, 11) is -1.78. The fraction of sp³-hybridized carbons (Fsp3) is 0.556. The van der Waals surface area contributed by atoms with E-state index in [1.54, 1.807) is 0 Å². The number of aliphatic hydroxyl groups is 1. The molecule has 116 valence electrons. The minimum atomic E-state index is -1.78. The number of hydrogen-bond acceptors (Lipinski definition) is 2. The molecule has 0 spiro atoms. The molecule has 1 aromatic carbocycles. The second kappa shape index (κ2) is 6.07. The SMILES string of the molecule is CC(C)(C)[Si](C)(C)O[C@H]1C=CC(O)[C@@H](c2ccccc2)C1. The Morgan fingerprint density at radius 2 is 1.71 bits per heavy atom. The van der Waals surface area contributed by atoms with Gasteiger partial charge in [-0.25, -0.2) is 0 Å². The first-order valence-electron chi connectivity index (χ1n) is 7.80. The third-order valence-electron chi connectivity index (χ3n) is 4.90. The van der Waals surface area contributed by atoms with Crippen LogP contribution in [-0.4, -0.2) is 25.6 Å². The van der Waals surface area contributed by atoms with Gasteiger partial charge in [0.05, 0.1) is 12.2 Å². The first-order valence-corrected chi connectivity index (χ1v) is 10.7. The van der Waals surface area contributed by atoms with Crippen molar-refractivity contribution in [2.24, 2.45) is 0 Å². The van der Waals surface area contributed by atoms with Crippen LogP contribution in [0.3, 0.4) is 0 Å². The van der Waals surface area contributed by atoms with Crippen molar-refractivity contribution in [2.75, 3.05) is 0 Å². The lowest BCUT2D eigenvalue weighted by Gasteiger charge is -2.40. The maximum absolute atomic E-state index is 10.3. The zero-order valence-electron chi connectivity index (χ0n) is 13.8. The summed E-state index contributed by atoms with van der Waals surface area (Å²) < 4.78 is 6.48. The van der Waals surface area contributed by atoms with Crippen LogP contribution in [0.5, 0.6) is 0 Å². The second-order valence-electron chi connectivity index (χ2n) is 7.54. The molecule has 0 radical (unpaired) electrons. The molecule has 1 aromatic rings. The van der Waals surface area contributed by atoms with E-state index in [9.17, 15) is 5.11 Å². The molecule has 0 heterocycles. The van der Waals surface area contributed by atoms with Crippen LogP contribution in [0.25, 0.3) is 0 Å². The van der Waals surface area contributed by atoms with Gasteiger partial charge < -0.3 is 9.53 Å².